The van der Waals surface area contributed by atoms with E-state index in [0.717, 1.165) is 19.3 Å². The standard InChI is InChI=1S/C21H18O2/c22-21(15-6-2-1-3-7-15)23-20-11-10-18-12-16-8-4-5-9-17(16)13-19(18)14-20/h1-9,12-13,20H,10-11,14H2. The molecule has 3 aromatic rings. The summed E-state index contributed by atoms with van der Waals surface area (Å²) in [5.41, 5.74) is 3.31. The molecule has 2 heteroatoms. The lowest BCUT2D eigenvalue weighted by atomic mass is 9.87. The molecule has 0 spiro atoms. The molecule has 0 amide bonds. The van der Waals surface area contributed by atoms with Crippen LogP contribution in [0.4, 0.5) is 0 Å². The molecule has 1 unspecified atom stereocenters. The molecular formula is C21H18O2. The van der Waals surface area contributed by atoms with E-state index in [1.807, 2.05) is 18.2 Å². The smallest absolute Gasteiger partial charge is 0.338 e. The average Bonchev–Trinajstić information content (AvgIpc) is 2.60. The molecule has 1 aliphatic carbocycles. The molecular weight excluding hydrogens is 284 g/mol. The third-order valence-corrected chi connectivity index (χ3v) is 4.53. The van der Waals surface area contributed by atoms with E-state index in [0.29, 0.717) is 5.56 Å². The maximum Gasteiger partial charge on any atom is 0.338 e. The number of fused-ring (bicyclic) bond motifs is 2. The van der Waals surface area contributed by atoms with E-state index < -0.39 is 0 Å². The van der Waals surface area contributed by atoms with Gasteiger partial charge in [0.15, 0.2) is 0 Å². The second-order valence-electron chi connectivity index (χ2n) is 6.10. The van der Waals surface area contributed by atoms with Crippen LogP contribution >= 0.6 is 0 Å². The van der Waals surface area contributed by atoms with E-state index in [9.17, 15) is 4.79 Å². The first kappa shape index (κ1) is 14.0. The highest BCUT2D eigenvalue weighted by Crippen LogP contribution is 2.28. The lowest BCUT2D eigenvalue weighted by Gasteiger charge is -2.25. The van der Waals surface area contributed by atoms with Crippen LogP contribution in [0.5, 0.6) is 0 Å². The quantitative estimate of drug-likeness (QED) is 0.649. The van der Waals surface area contributed by atoms with Crippen LogP contribution in [0.2, 0.25) is 0 Å². The number of rotatable bonds is 2. The Hall–Kier alpha value is -2.61. The van der Waals surface area contributed by atoms with Crippen LogP contribution in [0, 0.1) is 0 Å². The summed E-state index contributed by atoms with van der Waals surface area (Å²) in [6.45, 7) is 0. The zero-order valence-electron chi connectivity index (χ0n) is 12.9. The first-order valence-electron chi connectivity index (χ1n) is 8.06. The van der Waals surface area contributed by atoms with Crippen LogP contribution in [-0.4, -0.2) is 12.1 Å². The largest absolute Gasteiger partial charge is 0.458 e. The Morgan fingerprint density at radius 2 is 1.52 bits per heavy atom. The first-order chi connectivity index (χ1) is 11.3. The molecule has 0 saturated heterocycles. The van der Waals surface area contributed by atoms with Crippen molar-refractivity contribution in [2.75, 3.05) is 0 Å². The summed E-state index contributed by atoms with van der Waals surface area (Å²) in [6, 6.07) is 22.2. The molecule has 1 atom stereocenters. The Morgan fingerprint density at radius 3 is 2.26 bits per heavy atom. The predicted molar refractivity (Wildman–Crippen MR) is 91.6 cm³/mol. The number of esters is 1. The van der Waals surface area contributed by atoms with Gasteiger partial charge in [-0.15, -0.1) is 0 Å². The lowest BCUT2D eigenvalue weighted by molar-refractivity contribution is 0.0271. The van der Waals surface area contributed by atoms with Gasteiger partial charge in [-0.05, 0) is 46.9 Å². The SMILES string of the molecule is O=C(OC1CCc2cc3ccccc3cc2C1)c1ccccc1. The van der Waals surface area contributed by atoms with Crippen molar-refractivity contribution in [2.45, 2.75) is 25.4 Å². The number of hydrogen-bond donors (Lipinski definition) is 0. The summed E-state index contributed by atoms with van der Waals surface area (Å²) < 4.78 is 5.71. The van der Waals surface area contributed by atoms with Crippen molar-refractivity contribution in [1.29, 1.82) is 0 Å². The van der Waals surface area contributed by atoms with Gasteiger partial charge in [-0.25, -0.2) is 4.79 Å². The summed E-state index contributed by atoms with van der Waals surface area (Å²) in [6.07, 6.45) is 2.63. The maximum atomic E-state index is 12.2. The Balaban J connectivity index is 1.54. The molecule has 2 nitrogen and oxygen atoms in total. The molecule has 3 aromatic carbocycles. The fourth-order valence-corrected chi connectivity index (χ4v) is 3.32. The van der Waals surface area contributed by atoms with E-state index in [4.69, 9.17) is 4.74 Å². The average molecular weight is 302 g/mol. The number of carbonyl (C=O) groups excluding carboxylic acids is 1. The molecule has 0 N–H and O–H groups in total. The van der Waals surface area contributed by atoms with Crippen LogP contribution in [0.3, 0.4) is 0 Å². The minimum absolute atomic E-state index is 0.0311. The van der Waals surface area contributed by atoms with Gasteiger partial charge in [0.05, 0.1) is 5.56 Å². The molecule has 23 heavy (non-hydrogen) atoms. The molecule has 0 aromatic heterocycles. The number of aryl methyl sites for hydroxylation is 1. The zero-order valence-corrected chi connectivity index (χ0v) is 12.9. The number of ether oxygens (including phenoxy) is 1. The van der Waals surface area contributed by atoms with Gasteiger partial charge in [0.1, 0.15) is 6.10 Å². The topological polar surface area (TPSA) is 26.3 Å². The van der Waals surface area contributed by atoms with E-state index in [2.05, 4.69) is 36.4 Å². The highest BCUT2D eigenvalue weighted by atomic mass is 16.5. The molecule has 0 bridgehead atoms. The molecule has 114 valence electrons. The van der Waals surface area contributed by atoms with Crippen molar-refractivity contribution in [2.24, 2.45) is 0 Å². The third-order valence-electron chi connectivity index (χ3n) is 4.53. The first-order valence-corrected chi connectivity index (χ1v) is 8.06. The van der Waals surface area contributed by atoms with Gasteiger partial charge in [-0.1, -0.05) is 54.6 Å². The summed E-state index contributed by atoms with van der Waals surface area (Å²) in [7, 11) is 0. The predicted octanol–water partition coefficient (Wildman–Crippen LogP) is 4.55. The number of carbonyl (C=O) groups is 1. The van der Waals surface area contributed by atoms with Crippen molar-refractivity contribution < 1.29 is 9.53 Å². The Kier molecular flexibility index (Phi) is 3.58. The fraction of sp³-hybridized carbons (Fsp3) is 0.190. The van der Waals surface area contributed by atoms with Crippen molar-refractivity contribution in [1.82, 2.24) is 0 Å². The van der Waals surface area contributed by atoms with Crippen LogP contribution in [0.1, 0.15) is 27.9 Å². The van der Waals surface area contributed by atoms with Gasteiger partial charge >= 0.3 is 5.97 Å². The van der Waals surface area contributed by atoms with Crippen LogP contribution < -0.4 is 0 Å². The second-order valence-corrected chi connectivity index (χ2v) is 6.10. The second kappa shape index (κ2) is 5.88. The van der Waals surface area contributed by atoms with E-state index >= 15 is 0 Å². The summed E-state index contributed by atoms with van der Waals surface area (Å²) >= 11 is 0. The van der Waals surface area contributed by atoms with Gasteiger partial charge in [0.25, 0.3) is 0 Å². The maximum absolute atomic E-state index is 12.2. The lowest BCUT2D eigenvalue weighted by Crippen LogP contribution is -2.25. The molecule has 4 rings (SSSR count). The monoisotopic (exact) mass is 302 g/mol. The Bertz CT molecular complexity index is 852. The highest BCUT2D eigenvalue weighted by molar-refractivity contribution is 5.89. The normalized spacial score (nSPS) is 16.8. The minimum atomic E-state index is -0.222. The minimum Gasteiger partial charge on any atom is -0.458 e. The van der Waals surface area contributed by atoms with E-state index in [1.165, 1.54) is 21.9 Å². The number of hydrogen-bond acceptors (Lipinski definition) is 2. The van der Waals surface area contributed by atoms with Crippen LogP contribution in [-0.2, 0) is 17.6 Å². The van der Waals surface area contributed by atoms with Crippen molar-refractivity contribution in [3.8, 4) is 0 Å². The van der Waals surface area contributed by atoms with Gasteiger partial charge in [-0.2, -0.15) is 0 Å². The molecule has 0 heterocycles. The van der Waals surface area contributed by atoms with Crippen LogP contribution in [0.25, 0.3) is 10.8 Å². The molecule has 1 aliphatic rings. The Morgan fingerprint density at radius 1 is 0.870 bits per heavy atom. The summed E-state index contributed by atoms with van der Waals surface area (Å²) in [5.74, 6) is -0.222. The van der Waals surface area contributed by atoms with Crippen molar-refractivity contribution in [3.63, 3.8) is 0 Å². The summed E-state index contributed by atoms with van der Waals surface area (Å²) in [5, 5.41) is 2.53. The van der Waals surface area contributed by atoms with Gasteiger partial charge < -0.3 is 4.74 Å². The van der Waals surface area contributed by atoms with Gasteiger partial charge in [0, 0.05) is 6.42 Å². The van der Waals surface area contributed by atoms with Crippen molar-refractivity contribution >= 4 is 16.7 Å². The van der Waals surface area contributed by atoms with Gasteiger partial charge in [-0.3, -0.25) is 0 Å². The Labute approximate surface area is 135 Å². The molecule has 0 radical (unpaired) electrons. The van der Waals surface area contributed by atoms with Crippen molar-refractivity contribution in [3.05, 3.63) is 83.4 Å². The zero-order chi connectivity index (χ0) is 15.6. The summed E-state index contributed by atoms with van der Waals surface area (Å²) in [4.78, 5) is 12.2. The fourth-order valence-electron chi connectivity index (χ4n) is 3.32. The molecule has 0 fully saturated rings. The molecule has 0 aliphatic heterocycles. The van der Waals surface area contributed by atoms with Gasteiger partial charge in [0.2, 0.25) is 0 Å². The number of benzene rings is 3. The van der Waals surface area contributed by atoms with Crippen LogP contribution in [0.15, 0.2) is 66.7 Å². The molecule has 0 saturated carbocycles. The highest BCUT2D eigenvalue weighted by Gasteiger charge is 2.22. The van der Waals surface area contributed by atoms with E-state index in [1.54, 1.807) is 12.1 Å². The third kappa shape index (κ3) is 2.85. The van der Waals surface area contributed by atoms with E-state index in [-0.39, 0.29) is 12.1 Å².